The van der Waals surface area contributed by atoms with Crippen molar-refractivity contribution in [3.8, 4) is 17.2 Å². The Balaban J connectivity index is 1.67. The highest BCUT2D eigenvalue weighted by Gasteiger charge is 2.20. The fourth-order valence-corrected chi connectivity index (χ4v) is 3.60. The van der Waals surface area contributed by atoms with Gasteiger partial charge >= 0.3 is 0 Å². The zero-order valence-electron chi connectivity index (χ0n) is 16.5. The number of pyridine rings is 1. The van der Waals surface area contributed by atoms with Gasteiger partial charge in [0, 0.05) is 40.8 Å². The summed E-state index contributed by atoms with van der Waals surface area (Å²) in [5.74, 6) is 1.01. The van der Waals surface area contributed by atoms with Gasteiger partial charge in [-0.15, -0.1) is 0 Å². The lowest BCUT2D eigenvalue weighted by atomic mass is 10.1. The Morgan fingerprint density at radius 1 is 1.10 bits per heavy atom. The molecule has 3 aromatic rings. The Labute approximate surface area is 171 Å². The van der Waals surface area contributed by atoms with E-state index in [1.807, 2.05) is 36.6 Å². The van der Waals surface area contributed by atoms with E-state index < -0.39 is 10.5 Å². The topological polar surface area (TPSA) is 106 Å². The predicted octanol–water partition coefficient (Wildman–Crippen LogP) is 2.82. The van der Waals surface area contributed by atoms with Gasteiger partial charge in [-0.05, 0) is 32.0 Å². The van der Waals surface area contributed by atoms with E-state index in [0.717, 1.165) is 34.3 Å². The molecule has 0 atom stereocenters. The summed E-state index contributed by atoms with van der Waals surface area (Å²) < 4.78 is 14.2. The number of benzene rings is 1. The normalized spacial score (nSPS) is 12.6. The van der Waals surface area contributed by atoms with Crippen molar-refractivity contribution in [3.05, 3.63) is 80.0 Å². The molecule has 0 amide bonds. The van der Waals surface area contributed by atoms with Gasteiger partial charge in [0.1, 0.15) is 13.2 Å². The number of carbonyl (C=O) groups excluding carboxylic acids is 1. The lowest BCUT2D eigenvalue weighted by molar-refractivity contribution is -0.385. The summed E-state index contributed by atoms with van der Waals surface area (Å²) >= 11 is 0. The van der Waals surface area contributed by atoms with Crippen LogP contribution >= 0.6 is 0 Å². The van der Waals surface area contributed by atoms with Gasteiger partial charge in [0.15, 0.2) is 17.3 Å². The molecule has 9 heteroatoms. The highest BCUT2D eigenvalue weighted by atomic mass is 16.6. The van der Waals surface area contributed by atoms with Crippen molar-refractivity contribution in [1.82, 2.24) is 9.13 Å². The van der Waals surface area contributed by atoms with Crippen LogP contribution in [-0.2, 0) is 6.54 Å². The molecule has 30 heavy (non-hydrogen) atoms. The van der Waals surface area contributed by atoms with Crippen LogP contribution in [0.4, 0.5) is 5.69 Å². The molecule has 9 nitrogen and oxygen atoms in total. The number of carbonyl (C=O) groups is 1. The third-order valence-corrected chi connectivity index (χ3v) is 5.01. The quantitative estimate of drug-likeness (QED) is 0.364. The maximum Gasteiger partial charge on any atom is 0.285 e. The monoisotopic (exact) mass is 409 g/mol. The first-order chi connectivity index (χ1) is 14.3. The summed E-state index contributed by atoms with van der Waals surface area (Å²) in [5.41, 5.74) is 2.08. The number of aryl methyl sites for hydroxylation is 1. The summed E-state index contributed by atoms with van der Waals surface area (Å²) in [4.78, 5) is 35.3. The molecule has 0 N–H and O–H groups in total. The van der Waals surface area contributed by atoms with Crippen molar-refractivity contribution >= 4 is 11.5 Å². The van der Waals surface area contributed by atoms with E-state index in [1.165, 1.54) is 0 Å². The molecule has 3 heterocycles. The van der Waals surface area contributed by atoms with Gasteiger partial charge in [-0.2, -0.15) is 0 Å². The number of nitro groups is 1. The smallest absolute Gasteiger partial charge is 0.285 e. The zero-order chi connectivity index (χ0) is 21.4. The summed E-state index contributed by atoms with van der Waals surface area (Å²) in [7, 11) is 0. The first-order valence-corrected chi connectivity index (χ1v) is 9.32. The molecule has 0 radical (unpaired) electrons. The minimum Gasteiger partial charge on any atom is -0.486 e. The molecular formula is C21H19N3O6. The van der Waals surface area contributed by atoms with Crippen LogP contribution in [0.1, 0.15) is 21.7 Å². The number of fused-ring (bicyclic) bond motifs is 1. The molecule has 154 valence electrons. The van der Waals surface area contributed by atoms with Crippen LogP contribution < -0.4 is 15.0 Å². The molecule has 0 saturated heterocycles. The van der Waals surface area contributed by atoms with Crippen LogP contribution in [-0.4, -0.2) is 33.1 Å². The van der Waals surface area contributed by atoms with Gasteiger partial charge in [-0.1, -0.05) is 0 Å². The first kappa shape index (κ1) is 19.4. The zero-order valence-corrected chi connectivity index (χ0v) is 16.5. The molecule has 0 saturated carbocycles. The third-order valence-electron chi connectivity index (χ3n) is 5.01. The Bertz CT molecular complexity index is 1220. The van der Waals surface area contributed by atoms with Crippen LogP contribution in [0.25, 0.3) is 5.69 Å². The van der Waals surface area contributed by atoms with Gasteiger partial charge in [0.25, 0.3) is 11.2 Å². The molecule has 0 spiro atoms. The Kier molecular flexibility index (Phi) is 4.86. The van der Waals surface area contributed by atoms with Crippen LogP contribution in [0.2, 0.25) is 0 Å². The molecule has 1 aromatic carbocycles. The van der Waals surface area contributed by atoms with E-state index in [2.05, 4.69) is 0 Å². The van der Waals surface area contributed by atoms with E-state index in [4.69, 9.17) is 9.47 Å². The first-order valence-electron chi connectivity index (χ1n) is 9.32. The molecule has 1 aliphatic rings. The average molecular weight is 409 g/mol. The van der Waals surface area contributed by atoms with E-state index >= 15 is 0 Å². The minimum absolute atomic E-state index is 0.246. The SMILES string of the molecule is Cc1cc(C(=O)Cn2cc([N+](=O)[O-])ccc2=O)c(C)n1-c1ccc2c(c1)OCCO2. The fourth-order valence-electron chi connectivity index (χ4n) is 3.60. The largest absolute Gasteiger partial charge is 0.486 e. The van der Waals surface area contributed by atoms with Crippen LogP contribution in [0, 0.1) is 24.0 Å². The molecule has 0 bridgehead atoms. The second-order valence-corrected chi connectivity index (χ2v) is 6.98. The number of nitrogens with zero attached hydrogens (tertiary/aromatic N) is 3. The van der Waals surface area contributed by atoms with Crippen molar-refractivity contribution < 1.29 is 19.2 Å². The van der Waals surface area contributed by atoms with Crippen molar-refractivity contribution in [2.24, 2.45) is 0 Å². The Morgan fingerprint density at radius 3 is 2.57 bits per heavy atom. The molecular weight excluding hydrogens is 390 g/mol. The number of ketones is 1. The standard InChI is InChI=1S/C21H19N3O6/c1-13-9-17(18(25)12-22-11-16(24(27)28)4-6-21(22)26)14(2)23(13)15-3-5-19-20(10-15)30-8-7-29-19/h3-6,9-11H,7-8,12H2,1-2H3. The Morgan fingerprint density at radius 2 is 1.83 bits per heavy atom. The number of aromatic nitrogens is 2. The van der Waals surface area contributed by atoms with Gasteiger partial charge in [0.2, 0.25) is 0 Å². The number of Topliss-reactive ketones (excluding diaryl/α,β-unsaturated/α-hetero) is 1. The third kappa shape index (κ3) is 3.45. The molecule has 0 fully saturated rings. The fraction of sp³-hybridized carbons (Fsp3) is 0.238. The summed E-state index contributed by atoms with van der Waals surface area (Å²) in [6.45, 7) is 4.38. The molecule has 0 unspecified atom stereocenters. The summed E-state index contributed by atoms with van der Waals surface area (Å²) in [5, 5.41) is 11.0. The van der Waals surface area contributed by atoms with E-state index in [0.29, 0.717) is 36.0 Å². The van der Waals surface area contributed by atoms with Crippen molar-refractivity contribution in [3.63, 3.8) is 0 Å². The number of hydrogen-bond acceptors (Lipinski definition) is 6. The van der Waals surface area contributed by atoms with Gasteiger partial charge in [-0.3, -0.25) is 19.7 Å². The van der Waals surface area contributed by atoms with Gasteiger partial charge in [0.05, 0.1) is 17.7 Å². The second kappa shape index (κ2) is 7.51. The maximum absolute atomic E-state index is 12.9. The number of hydrogen-bond donors (Lipinski definition) is 0. The number of ether oxygens (including phenoxy) is 2. The maximum atomic E-state index is 12.9. The van der Waals surface area contributed by atoms with Crippen molar-refractivity contribution in [1.29, 1.82) is 0 Å². The summed E-state index contributed by atoms with van der Waals surface area (Å²) in [6, 6.07) is 9.52. The lowest BCUT2D eigenvalue weighted by Crippen LogP contribution is -2.23. The molecule has 0 aliphatic carbocycles. The molecule has 2 aromatic heterocycles. The second-order valence-electron chi connectivity index (χ2n) is 6.98. The molecule has 4 rings (SSSR count). The Hall–Kier alpha value is -3.88. The van der Waals surface area contributed by atoms with Crippen LogP contribution in [0.3, 0.4) is 0 Å². The van der Waals surface area contributed by atoms with Gasteiger partial charge < -0.3 is 18.6 Å². The van der Waals surface area contributed by atoms with Crippen molar-refractivity contribution in [2.75, 3.05) is 13.2 Å². The van der Waals surface area contributed by atoms with E-state index in [9.17, 15) is 19.7 Å². The summed E-state index contributed by atoms with van der Waals surface area (Å²) in [6.07, 6.45) is 1.08. The average Bonchev–Trinajstić information content (AvgIpc) is 3.03. The highest BCUT2D eigenvalue weighted by Crippen LogP contribution is 2.33. The van der Waals surface area contributed by atoms with Crippen molar-refractivity contribution in [2.45, 2.75) is 20.4 Å². The molecule has 1 aliphatic heterocycles. The van der Waals surface area contributed by atoms with Crippen LogP contribution in [0.15, 0.2) is 47.4 Å². The highest BCUT2D eigenvalue weighted by molar-refractivity contribution is 5.97. The number of rotatable bonds is 5. The van der Waals surface area contributed by atoms with Gasteiger partial charge in [-0.25, -0.2) is 0 Å². The van der Waals surface area contributed by atoms with E-state index in [-0.39, 0.29) is 18.0 Å². The van der Waals surface area contributed by atoms with Crippen LogP contribution in [0.5, 0.6) is 11.5 Å². The van der Waals surface area contributed by atoms with E-state index in [1.54, 1.807) is 6.07 Å². The lowest BCUT2D eigenvalue weighted by Gasteiger charge is -2.20. The predicted molar refractivity (Wildman–Crippen MR) is 108 cm³/mol. The minimum atomic E-state index is -0.603.